The maximum absolute atomic E-state index is 12.4. The molecule has 0 atom stereocenters. The largest absolute Gasteiger partial charge is 0.454 e. The van der Waals surface area contributed by atoms with E-state index in [1.807, 2.05) is 0 Å². The highest BCUT2D eigenvalue weighted by Crippen LogP contribution is 2.32. The van der Waals surface area contributed by atoms with Gasteiger partial charge in [-0.2, -0.15) is 5.10 Å². The Bertz CT molecular complexity index is 832. The minimum absolute atomic E-state index is 0.00240. The summed E-state index contributed by atoms with van der Waals surface area (Å²) in [6.45, 7) is 1.89. The van der Waals surface area contributed by atoms with E-state index in [1.54, 1.807) is 32.2 Å². The Balaban J connectivity index is 1.80. The van der Waals surface area contributed by atoms with Crippen LogP contribution in [0.5, 0.6) is 11.5 Å². The molecule has 118 valence electrons. The van der Waals surface area contributed by atoms with Crippen molar-refractivity contribution in [2.24, 2.45) is 7.05 Å². The fourth-order valence-corrected chi connectivity index (χ4v) is 3.98. The number of benzene rings is 1. The summed E-state index contributed by atoms with van der Waals surface area (Å²) in [6.07, 6.45) is 0. The number of aromatic nitrogens is 2. The number of nitrogens with zero attached hydrogens (tertiary/aromatic N) is 2. The number of halogens is 1. The summed E-state index contributed by atoms with van der Waals surface area (Å²) >= 11 is 6.00. The van der Waals surface area contributed by atoms with Gasteiger partial charge in [0.2, 0.25) is 16.8 Å². The first-order valence-electron chi connectivity index (χ1n) is 6.46. The molecule has 1 N–H and O–H groups in total. The van der Waals surface area contributed by atoms with Gasteiger partial charge in [-0.25, -0.2) is 13.1 Å². The first-order valence-corrected chi connectivity index (χ1v) is 8.32. The van der Waals surface area contributed by atoms with Crippen LogP contribution in [-0.4, -0.2) is 25.0 Å². The van der Waals surface area contributed by atoms with Gasteiger partial charge in [-0.3, -0.25) is 4.68 Å². The number of nitrogens with one attached hydrogen (secondary N) is 1. The van der Waals surface area contributed by atoms with Crippen molar-refractivity contribution < 1.29 is 17.9 Å². The van der Waals surface area contributed by atoms with Crippen molar-refractivity contribution in [2.45, 2.75) is 18.4 Å². The Morgan fingerprint density at radius 3 is 2.77 bits per heavy atom. The molecule has 22 heavy (non-hydrogen) atoms. The van der Waals surface area contributed by atoms with Gasteiger partial charge in [0.05, 0.1) is 5.69 Å². The molecule has 0 bridgehead atoms. The Hall–Kier alpha value is -1.77. The molecule has 0 unspecified atom stereocenters. The highest BCUT2D eigenvalue weighted by atomic mass is 35.5. The molecule has 0 amide bonds. The minimum atomic E-state index is -3.75. The summed E-state index contributed by atoms with van der Waals surface area (Å²) in [7, 11) is -2.16. The van der Waals surface area contributed by atoms with Crippen LogP contribution in [0.3, 0.4) is 0 Å². The fraction of sp³-hybridized carbons (Fsp3) is 0.308. The van der Waals surface area contributed by atoms with Crippen LogP contribution in [-0.2, 0) is 23.6 Å². The van der Waals surface area contributed by atoms with Crippen LogP contribution in [0.4, 0.5) is 0 Å². The Kier molecular flexibility index (Phi) is 3.75. The van der Waals surface area contributed by atoms with Crippen molar-refractivity contribution in [3.8, 4) is 11.5 Å². The zero-order valence-corrected chi connectivity index (χ0v) is 13.5. The van der Waals surface area contributed by atoms with Crippen LogP contribution in [0.2, 0.25) is 5.15 Å². The molecule has 2 aromatic rings. The van der Waals surface area contributed by atoms with Crippen LogP contribution in [0, 0.1) is 6.92 Å². The third-order valence-electron chi connectivity index (χ3n) is 3.27. The van der Waals surface area contributed by atoms with Crippen molar-refractivity contribution in [1.29, 1.82) is 0 Å². The highest BCUT2D eigenvalue weighted by molar-refractivity contribution is 7.89. The molecule has 1 aromatic heterocycles. The summed E-state index contributed by atoms with van der Waals surface area (Å²) in [4.78, 5) is -0.00240. The first kappa shape index (κ1) is 15.1. The second-order valence-corrected chi connectivity index (χ2v) is 6.90. The predicted molar refractivity (Wildman–Crippen MR) is 79.5 cm³/mol. The van der Waals surface area contributed by atoms with Crippen molar-refractivity contribution in [3.05, 3.63) is 34.6 Å². The summed E-state index contributed by atoms with van der Waals surface area (Å²) in [5.74, 6) is 1.25. The maximum Gasteiger partial charge on any atom is 0.245 e. The molecule has 1 aliphatic rings. The SMILES string of the molecule is Cc1nn(C)c(Cl)c1S(=O)(=O)NCc1ccc2c(c1)OCO2. The van der Waals surface area contributed by atoms with Crippen LogP contribution >= 0.6 is 11.6 Å². The van der Waals surface area contributed by atoms with Crippen LogP contribution in [0.15, 0.2) is 23.1 Å². The maximum atomic E-state index is 12.4. The number of hydrogen-bond acceptors (Lipinski definition) is 5. The van der Waals surface area contributed by atoms with Gasteiger partial charge in [-0.05, 0) is 24.6 Å². The van der Waals surface area contributed by atoms with E-state index in [2.05, 4.69) is 9.82 Å². The minimum Gasteiger partial charge on any atom is -0.454 e. The second kappa shape index (κ2) is 5.45. The molecule has 0 fully saturated rings. The standard InChI is InChI=1S/C13H14ClN3O4S/c1-8-12(13(14)17(2)16-8)22(18,19)15-6-9-3-4-10-11(5-9)21-7-20-10/h3-5,15H,6-7H2,1-2H3. The van der Waals surface area contributed by atoms with Crippen molar-refractivity contribution in [1.82, 2.24) is 14.5 Å². The molecule has 0 saturated heterocycles. The lowest BCUT2D eigenvalue weighted by atomic mass is 10.2. The molecule has 0 saturated carbocycles. The van der Waals surface area contributed by atoms with E-state index >= 15 is 0 Å². The third-order valence-corrected chi connectivity index (χ3v) is 5.37. The van der Waals surface area contributed by atoms with Crippen LogP contribution in [0.25, 0.3) is 0 Å². The first-order chi connectivity index (χ1) is 10.4. The quantitative estimate of drug-likeness (QED) is 0.911. The molecule has 1 aromatic carbocycles. The highest BCUT2D eigenvalue weighted by Gasteiger charge is 2.25. The number of aryl methyl sites for hydroxylation is 2. The Labute approximate surface area is 132 Å². The van der Waals surface area contributed by atoms with Gasteiger partial charge in [0.1, 0.15) is 10.0 Å². The topological polar surface area (TPSA) is 82.5 Å². The van der Waals surface area contributed by atoms with Gasteiger partial charge < -0.3 is 9.47 Å². The summed E-state index contributed by atoms with van der Waals surface area (Å²) in [6, 6.07) is 5.25. The molecule has 9 heteroatoms. The van der Waals surface area contributed by atoms with Gasteiger partial charge in [-0.1, -0.05) is 17.7 Å². The smallest absolute Gasteiger partial charge is 0.245 e. The summed E-state index contributed by atoms with van der Waals surface area (Å²) in [5.41, 5.74) is 1.11. The molecule has 1 aliphatic heterocycles. The van der Waals surface area contributed by atoms with E-state index < -0.39 is 10.0 Å². The van der Waals surface area contributed by atoms with E-state index in [1.165, 1.54) is 4.68 Å². The fourth-order valence-electron chi connectivity index (χ4n) is 2.22. The zero-order valence-electron chi connectivity index (χ0n) is 12.0. The van der Waals surface area contributed by atoms with Crippen molar-refractivity contribution >= 4 is 21.6 Å². The average Bonchev–Trinajstić information content (AvgIpc) is 3.01. The molecule has 2 heterocycles. The summed E-state index contributed by atoms with van der Waals surface area (Å²) in [5, 5.41) is 4.09. The summed E-state index contributed by atoms with van der Waals surface area (Å²) < 4.78 is 39.1. The van der Waals surface area contributed by atoms with E-state index in [9.17, 15) is 8.42 Å². The van der Waals surface area contributed by atoms with Gasteiger partial charge >= 0.3 is 0 Å². The van der Waals surface area contributed by atoms with E-state index in [4.69, 9.17) is 21.1 Å². The third kappa shape index (κ3) is 2.65. The molecule has 3 rings (SSSR count). The monoisotopic (exact) mass is 343 g/mol. The lowest BCUT2D eigenvalue weighted by molar-refractivity contribution is 0.174. The van der Waals surface area contributed by atoms with E-state index in [0.29, 0.717) is 17.2 Å². The number of sulfonamides is 1. The lowest BCUT2D eigenvalue weighted by Crippen LogP contribution is -2.24. The van der Waals surface area contributed by atoms with Crippen LogP contribution < -0.4 is 14.2 Å². The number of hydrogen-bond donors (Lipinski definition) is 1. The molecular weight excluding hydrogens is 330 g/mol. The van der Waals surface area contributed by atoms with Crippen molar-refractivity contribution in [3.63, 3.8) is 0 Å². The van der Waals surface area contributed by atoms with Gasteiger partial charge in [0.25, 0.3) is 0 Å². The lowest BCUT2D eigenvalue weighted by Gasteiger charge is -2.07. The van der Waals surface area contributed by atoms with E-state index in [-0.39, 0.29) is 23.4 Å². The van der Waals surface area contributed by atoms with Gasteiger partial charge in [0, 0.05) is 13.6 Å². The van der Waals surface area contributed by atoms with Crippen LogP contribution in [0.1, 0.15) is 11.3 Å². The average molecular weight is 344 g/mol. The zero-order chi connectivity index (χ0) is 15.9. The van der Waals surface area contributed by atoms with Gasteiger partial charge in [0.15, 0.2) is 11.5 Å². The number of fused-ring (bicyclic) bond motifs is 1. The molecule has 7 nitrogen and oxygen atoms in total. The molecule has 0 radical (unpaired) electrons. The molecule has 0 aliphatic carbocycles. The Morgan fingerprint density at radius 2 is 2.09 bits per heavy atom. The number of ether oxygens (including phenoxy) is 2. The predicted octanol–water partition coefficient (Wildman–Crippen LogP) is 1.59. The Morgan fingerprint density at radius 1 is 1.36 bits per heavy atom. The van der Waals surface area contributed by atoms with Gasteiger partial charge in [-0.15, -0.1) is 0 Å². The molecule has 0 spiro atoms. The normalized spacial score (nSPS) is 13.6. The van der Waals surface area contributed by atoms with E-state index in [0.717, 1.165) is 5.56 Å². The second-order valence-electron chi connectivity index (χ2n) is 4.84. The number of rotatable bonds is 4. The van der Waals surface area contributed by atoms with Crippen molar-refractivity contribution in [2.75, 3.05) is 6.79 Å². The molecular formula is C13H14ClN3O4S.